The molecule has 3 rings (SSSR count). The molecule has 1 saturated carbocycles. The van der Waals surface area contributed by atoms with Crippen molar-refractivity contribution in [2.24, 2.45) is 5.92 Å². The Bertz CT molecular complexity index is 665. The lowest BCUT2D eigenvalue weighted by Gasteiger charge is -2.20. The summed E-state index contributed by atoms with van der Waals surface area (Å²) in [4.78, 5) is 25.8. The number of amides is 1. The van der Waals surface area contributed by atoms with Gasteiger partial charge in [-0.15, -0.1) is 0 Å². The van der Waals surface area contributed by atoms with Gasteiger partial charge in [-0.05, 0) is 42.9 Å². The fourth-order valence-corrected chi connectivity index (χ4v) is 3.30. The quantitative estimate of drug-likeness (QED) is 0.780. The molecule has 24 heavy (non-hydrogen) atoms. The zero-order valence-corrected chi connectivity index (χ0v) is 13.7. The lowest BCUT2D eigenvalue weighted by atomic mass is 10.1. The molecular formula is C19H22N2O3. The molecule has 0 bridgehead atoms. The van der Waals surface area contributed by atoms with Crippen LogP contribution in [0.1, 0.15) is 49.1 Å². The van der Waals surface area contributed by atoms with E-state index in [9.17, 15) is 9.59 Å². The summed E-state index contributed by atoms with van der Waals surface area (Å²) in [6, 6.07) is 9.52. The molecule has 5 heteroatoms. The van der Waals surface area contributed by atoms with Crippen LogP contribution in [0.25, 0.3) is 0 Å². The van der Waals surface area contributed by atoms with Crippen molar-refractivity contribution in [3.63, 3.8) is 0 Å². The van der Waals surface area contributed by atoms with Gasteiger partial charge in [-0.2, -0.15) is 5.26 Å². The van der Waals surface area contributed by atoms with Crippen LogP contribution in [-0.4, -0.2) is 36.5 Å². The van der Waals surface area contributed by atoms with Gasteiger partial charge in [-0.25, -0.2) is 0 Å². The van der Waals surface area contributed by atoms with E-state index in [0.29, 0.717) is 18.5 Å². The lowest BCUT2D eigenvalue weighted by molar-refractivity contribution is -0.147. The van der Waals surface area contributed by atoms with Crippen molar-refractivity contribution in [3.8, 4) is 6.07 Å². The highest BCUT2D eigenvalue weighted by Gasteiger charge is 2.45. The van der Waals surface area contributed by atoms with Crippen LogP contribution in [0.2, 0.25) is 0 Å². The molecule has 2 unspecified atom stereocenters. The van der Waals surface area contributed by atoms with E-state index in [1.165, 1.54) is 0 Å². The Labute approximate surface area is 142 Å². The summed E-state index contributed by atoms with van der Waals surface area (Å²) in [5.74, 6) is 0.0233. The lowest BCUT2D eigenvalue weighted by Crippen LogP contribution is -2.34. The first-order valence-electron chi connectivity index (χ1n) is 8.63. The van der Waals surface area contributed by atoms with E-state index in [4.69, 9.17) is 10.00 Å². The Morgan fingerprint density at radius 1 is 1.33 bits per heavy atom. The second kappa shape index (κ2) is 7.48. The molecule has 1 saturated heterocycles. The van der Waals surface area contributed by atoms with E-state index >= 15 is 0 Å². The standard InChI is InChI=1S/C19H22N2O3/c20-13-14-5-4-6-15(11-14)16-12-17(16)19(23)24-10-9-21-8-3-1-2-7-18(21)22/h4-6,11,16-17H,1-3,7-10,12H2. The van der Waals surface area contributed by atoms with Crippen molar-refractivity contribution < 1.29 is 14.3 Å². The molecule has 0 radical (unpaired) electrons. The van der Waals surface area contributed by atoms with Crippen molar-refractivity contribution in [1.29, 1.82) is 5.26 Å². The molecule has 2 fully saturated rings. The number of carbonyl (C=O) groups is 2. The molecule has 1 aliphatic carbocycles. The first kappa shape index (κ1) is 16.5. The molecule has 126 valence electrons. The fourth-order valence-electron chi connectivity index (χ4n) is 3.30. The van der Waals surface area contributed by atoms with Crippen LogP contribution in [-0.2, 0) is 14.3 Å². The van der Waals surface area contributed by atoms with Gasteiger partial charge in [0.15, 0.2) is 0 Å². The molecule has 1 amide bonds. The Balaban J connectivity index is 1.45. The predicted octanol–water partition coefficient (Wildman–Crippen LogP) is 2.61. The Hall–Kier alpha value is -2.35. The molecule has 1 heterocycles. The van der Waals surface area contributed by atoms with Crippen LogP contribution in [0.15, 0.2) is 24.3 Å². The van der Waals surface area contributed by atoms with Gasteiger partial charge in [-0.3, -0.25) is 9.59 Å². The molecule has 0 spiro atoms. The Kier molecular flexibility index (Phi) is 5.14. The van der Waals surface area contributed by atoms with E-state index in [0.717, 1.165) is 37.8 Å². The summed E-state index contributed by atoms with van der Waals surface area (Å²) < 4.78 is 5.37. The maximum atomic E-state index is 12.1. The van der Waals surface area contributed by atoms with Crippen LogP contribution in [0, 0.1) is 17.2 Å². The zero-order valence-electron chi connectivity index (χ0n) is 13.7. The Morgan fingerprint density at radius 2 is 2.21 bits per heavy atom. The number of ether oxygens (including phenoxy) is 1. The third-order valence-electron chi connectivity index (χ3n) is 4.81. The van der Waals surface area contributed by atoms with Gasteiger partial charge in [0, 0.05) is 13.0 Å². The molecule has 1 aromatic carbocycles. The SMILES string of the molecule is N#Cc1cccc(C2CC2C(=O)OCCN2CCCCCC2=O)c1. The highest BCUT2D eigenvalue weighted by atomic mass is 16.5. The largest absolute Gasteiger partial charge is 0.464 e. The molecule has 5 nitrogen and oxygen atoms in total. The number of hydrogen-bond acceptors (Lipinski definition) is 4. The van der Waals surface area contributed by atoms with Gasteiger partial charge < -0.3 is 9.64 Å². The summed E-state index contributed by atoms with van der Waals surface area (Å²) in [5.41, 5.74) is 1.64. The molecular weight excluding hydrogens is 304 g/mol. The van der Waals surface area contributed by atoms with E-state index in [1.807, 2.05) is 18.2 Å². The van der Waals surface area contributed by atoms with Crippen LogP contribution in [0.5, 0.6) is 0 Å². The van der Waals surface area contributed by atoms with Gasteiger partial charge in [0.05, 0.1) is 24.1 Å². The van der Waals surface area contributed by atoms with E-state index < -0.39 is 0 Å². The minimum absolute atomic E-state index is 0.112. The van der Waals surface area contributed by atoms with E-state index in [2.05, 4.69) is 6.07 Å². The number of likely N-dealkylation sites (tertiary alicyclic amines) is 1. The third-order valence-corrected chi connectivity index (χ3v) is 4.81. The fraction of sp³-hybridized carbons (Fsp3) is 0.526. The number of rotatable bonds is 5. The highest BCUT2D eigenvalue weighted by Crippen LogP contribution is 2.48. The summed E-state index contributed by atoms with van der Waals surface area (Å²) in [5, 5.41) is 8.95. The molecule has 1 aromatic rings. The van der Waals surface area contributed by atoms with Crippen LogP contribution in [0.4, 0.5) is 0 Å². The van der Waals surface area contributed by atoms with Crippen molar-refractivity contribution in [2.45, 2.75) is 38.0 Å². The smallest absolute Gasteiger partial charge is 0.309 e. The van der Waals surface area contributed by atoms with Gasteiger partial charge in [0.2, 0.25) is 5.91 Å². The topological polar surface area (TPSA) is 70.4 Å². The maximum absolute atomic E-state index is 12.1. The minimum atomic E-state index is -0.190. The van der Waals surface area contributed by atoms with Crippen LogP contribution in [0.3, 0.4) is 0 Å². The van der Waals surface area contributed by atoms with Crippen LogP contribution < -0.4 is 0 Å². The maximum Gasteiger partial charge on any atom is 0.309 e. The predicted molar refractivity (Wildman–Crippen MR) is 88.0 cm³/mol. The van der Waals surface area contributed by atoms with Crippen molar-refractivity contribution in [3.05, 3.63) is 35.4 Å². The van der Waals surface area contributed by atoms with Gasteiger partial charge in [0.1, 0.15) is 6.61 Å². The molecule has 0 aromatic heterocycles. The van der Waals surface area contributed by atoms with Gasteiger partial charge >= 0.3 is 5.97 Å². The third kappa shape index (κ3) is 3.94. The monoisotopic (exact) mass is 326 g/mol. The van der Waals surface area contributed by atoms with E-state index in [-0.39, 0.29) is 30.3 Å². The number of hydrogen-bond donors (Lipinski definition) is 0. The number of carbonyl (C=O) groups excluding carboxylic acids is 2. The van der Waals surface area contributed by atoms with Crippen molar-refractivity contribution >= 4 is 11.9 Å². The molecule has 2 aliphatic rings. The second-order valence-corrected chi connectivity index (χ2v) is 6.54. The average molecular weight is 326 g/mol. The molecule has 1 aliphatic heterocycles. The summed E-state index contributed by atoms with van der Waals surface area (Å²) >= 11 is 0. The number of esters is 1. The number of nitrogens with zero attached hydrogens (tertiary/aromatic N) is 2. The summed E-state index contributed by atoms with van der Waals surface area (Å²) in [6.07, 6.45) is 4.46. The summed E-state index contributed by atoms with van der Waals surface area (Å²) in [7, 11) is 0. The number of nitriles is 1. The second-order valence-electron chi connectivity index (χ2n) is 6.54. The normalized spacial score (nSPS) is 23.3. The molecule has 2 atom stereocenters. The van der Waals surface area contributed by atoms with Crippen LogP contribution >= 0.6 is 0 Å². The highest BCUT2D eigenvalue weighted by molar-refractivity contribution is 5.78. The number of benzene rings is 1. The Morgan fingerprint density at radius 3 is 3.04 bits per heavy atom. The first-order valence-corrected chi connectivity index (χ1v) is 8.63. The average Bonchev–Trinajstić information content (AvgIpc) is 3.41. The van der Waals surface area contributed by atoms with Crippen molar-refractivity contribution in [2.75, 3.05) is 19.7 Å². The molecule has 0 N–H and O–H groups in total. The first-order chi connectivity index (χ1) is 11.7. The minimum Gasteiger partial charge on any atom is -0.464 e. The summed E-state index contributed by atoms with van der Waals surface area (Å²) in [6.45, 7) is 1.53. The van der Waals surface area contributed by atoms with Gasteiger partial charge in [0.25, 0.3) is 0 Å². The zero-order chi connectivity index (χ0) is 16.9. The van der Waals surface area contributed by atoms with Crippen molar-refractivity contribution in [1.82, 2.24) is 4.90 Å². The van der Waals surface area contributed by atoms with E-state index in [1.54, 1.807) is 11.0 Å². The van der Waals surface area contributed by atoms with Gasteiger partial charge in [-0.1, -0.05) is 18.6 Å².